The van der Waals surface area contributed by atoms with Crippen molar-refractivity contribution in [1.82, 2.24) is 15.1 Å². The highest BCUT2D eigenvalue weighted by molar-refractivity contribution is 4.89. The van der Waals surface area contributed by atoms with Gasteiger partial charge in [0, 0.05) is 31.2 Å². The van der Waals surface area contributed by atoms with Gasteiger partial charge >= 0.3 is 0 Å². The van der Waals surface area contributed by atoms with E-state index in [1.165, 1.54) is 32.5 Å². The Morgan fingerprint density at radius 1 is 1.14 bits per heavy atom. The Balaban J connectivity index is 1.71. The lowest BCUT2D eigenvalue weighted by Crippen LogP contribution is -2.60. The van der Waals surface area contributed by atoms with Crippen molar-refractivity contribution < 1.29 is 0 Å². The Labute approximate surface area is 87.4 Å². The molecule has 0 amide bonds. The molecule has 0 spiro atoms. The fourth-order valence-corrected chi connectivity index (χ4v) is 2.58. The van der Waals surface area contributed by atoms with Crippen LogP contribution in [0.2, 0.25) is 0 Å². The monoisotopic (exact) mass is 197 g/mol. The molecule has 2 heterocycles. The number of likely N-dealkylation sites (N-methyl/N-ethyl adjacent to an activating group) is 1. The Hall–Kier alpha value is -0.120. The maximum absolute atomic E-state index is 3.77. The van der Waals surface area contributed by atoms with E-state index in [0.29, 0.717) is 0 Å². The van der Waals surface area contributed by atoms with Gasteiger partial charge in [0.2, 0.25) is 0 Å². The van der Waals surface area contributed by atoms with E-state index in [0.717, 1.165) is 18.1 Å². The van der Waals surface area contributed by atoms with Crippen LogP contribution in [0.3, 0.4) is 0 Å². The van der Waals surface area contributed by atoms with E-state index in [2.05, 4.69) is 36.1 Å². The van der Waals surface area contributed by atoms with E-state index in [1.54, 1.807) is 0 Å². The van der Waals surface area contributed by atoms with Gasteiger partial charge in [-0.3, -0.25) is 0 Å². The number of hydrogen-bond donors (Lipinski definition) is 1. The van der Waals surface area contributed by atoms with E-state index >= 15 is 0 Å². The summed E-state index contributed by atoms with van der Waals surface area (Å²) in [4.78, 5) is 4.83. The quantitative estimate of drug-likeness (QED) is 0.690. The van der Waals surface area contributed by atoms with E-state index in [1.807, 2.05) is 0 Å². The van der Waals surface area contributed by atoms with Crippen molar-refractivity contribution in [3.05, 3.63) is 0 Å². The summed E-state index contributed by atoms with van der Waals surface area (Å²) in [6.45, 7) is 6.06. The number of hydrogen-bond acceptors (Lipinski definition) is 3. The smallest absolute Gasteiger partial charge is 0.0324 e. The van der Waals surface area contributed by atoms with Crippen LogP contribution in [0.15, 0.2) is 0 Å². The summed E-state index contributed by atoms with van der Waals surface area (Å²) in [5.41, 5.74) is 0. The van der Waals surface area contributed by atoms with Gasteiger partial charge < -0.3 is 15.1 Å². The van der Waals surface area contributed by atoms with Crippen LogP contribution in [-0.4, -0.2) is 61.7 Å². The van der Waals surface area contributed by atoms with Crippen LogP contribution in [0.1, 0.15) is 19.8 Å². The van der Waals surface area contributed by atoms with Crippen LogP contribution in [-0.2, 0) is 0 Å². The molecule has 2 fully saturated rings. The second-order valence-corrected chi connectivity index (χ2v) is 5.14. The van der Waals surface area contributed by atoms with Crippen LogP contribution < -0.4 is 5.32 Å². The second kappa shape index (κ2) is 4.17. The third-order valence-electron chi connectivity index (χ3n) is 3.74. The number of likely N-dealkylation sites (tertiary alicyclic amines) is 2. The highest BCUT2D eigenvalue weighted by atomic mass is 15.2. The summed E-state index contributed by atoms with van der Waals surface area (Å²) in [7, 11) is 4.42. The maximum atomic E-state index is 3.77. The molecule has 3 nitrogen and oxygen atoms in total. The summed E-state index contributed by atoms with van der Waals surface area (Å²) < 4.78 is 0. The number of piperidine rings is 1. The van der Waals surface area contributed by atoms with Crippen LogP contribution >= 0.6 is 0 Å². The molecule has 0 aromatic rings. The minimum Gasteiger partial charge on any atom is -0.309 e. The van der Waals surface area contributed by atoms with E-state index < -0.39 is 0 Å². The van der Waals surface area contributed by atoms with E-state index in [4.69, 9.17) is 0 Å². The highest BCUT2D eigenvalue weighted by Gasteiger charge is 2.28. The Morgan fingerprint density at radius 2 is 1.86 bits per heavy atom. The second-order valence-electron chi connectivity index (χ2n) is 5.14. The zero-order valence-electron chi connectivity index (χ0n) is 9.66. The molecule has 0 radical (unpaired) electrons. The summed E-state index contributed by atoms with van der Waals surface area (Å²) in [5, 5.41) is 3.77. The molecule has 2 aliphatic rings. The minimum absolute atomic E-state index is 0.749. The number of nitrogens with zero attached hydrogens (tertiary/aromatic N) is 2. The first-order valence-electron chi connectivity index (χ1n) is 5.80. The third kappa shape index (κ3) is 2.27. The predicted octanol–water partition coefficient (Wildman–Crippen LogP) is 0.373. The molecule has 2 rings (SSSR count). The lowest BCUT2D eigenvalue weighted by molar-refractivity contribution is 0.114. The zero-order chi connectivity index (χ0) is 10.1. The average Bonchev–Trinajstić information content (AvgIpc) is 2.09. The van der Waals surface area contributed by atoms with Gasteiger partial charge in [-0.1, -0.05) is 0 Å². The van der Waals surface area contributed by atoms with Gasteiger partial charge in [-0.25, -0.2) is 0 Å². The molecule has 0 aromatic heterocycles. The first kappa shape index (κ1) is 10.4. The fraction of sp³-hybridized carbons (Fsp3) is 1.00. The molecule has 1 N–H and O–H groups in total. The Bertz CT molecular complexity index is 189. The maximum Gasteiger partial charge on any atom is 0.0324 e. The fourth-order valence-electron chi connectivity index (χ4n) is 2.58. The molecule has 3 heteroatoms. The summed E-state index contributed by atoms with van der Waals surface area (Å²) in [5.74, 6) is 0. The molecule has 2 aliphatic heterocycles. The Kier molecular flexibility index (Phi) is 3.10. The van der Waals surface area contributed by atoms with Crippen molar-refractivity contribution in [2.24, 2.45) is 0 Å². The van der Waals surface area contributed by atoms with Gasteiger partial charge in [-0.15, -0.1) is 0 Å². The molecule has 2 unspecified atom stereocenters. The molecule has 14 heavy (non-hydrogen) atoms. The molecule has 0 aliphatic carbocycles. The van der Waals surface area contributed by atoms with Crippen molar-refractivity contribution in [3.63, 3.8) is 0 Å². The Morgan fingerprint density at radius 3 is 2.43 bits per heavy atom. The van der Waals surface area contributed by atoms with Crippen LogP contribution in [0.5, 0.6) is 0 Å². The number of rotatable bonds is 2. The first-order chi connectivity index (χ1) is 6.65. The average molecular weight is 197 g/mol. The SMILES string of the molecule is CC1CC(NC2CN(C)C2)CCN1C. The van der Waals surface area contributed by atoms with Crippen LogP contribution in [0.25, 0.3) is 0 Å². The van der Waals surface area contributed by atoms with Gasteiger partial charge in [0.25, 0.3) is 0 Å². The topological polar surface area (TPSA) is 18.5 Å². The normalized spacial score (nSPS) is 37.1. The largest absolute Gasteiger partial charge is 0.309 e. The van der Waals surface area contributed by atoms with Crippen molar-refractivity contribution >= 4 is 0 Å². The van der Waals surface area contributed by atoms with Gasteiger partial charge in [-0.05, 0) is 40.4 Å². The molecular formula is C11H23N3. The summed E-state index contributed by atoms with van der Waals surface area (Å²) >= 11 is 0. The molecule has 82 valence electrons. The van der Waals surface area contributed by atoms with Crippen molar-refractivity contribution in [3.8, 4) is 0 Å². The van der Waals surface area contributed by atoms with Gasteiger partial charge in [0.1, 0.15) is 0 Å². The third-order valence-corrected chi connectivity index (χ3v) is 3.74. The standard InChI is InChI=1S/C11H23N3/c1-9-6-10(4-5-14(9)3)12-11-7-13(2)8-11/h9-12H,4-8H2,1-3H3. The lowest BCUT2D eigenvalue weighted by Gasteiger charge is -2.42. The molecular weight excluding hydrogens is 174 g/mol. The van der Waals surface area contributed by atoms with Crippen LogP contribution in [0.4, 0.5) is 0 Å². The highest BCUT2D eigenvalue weighted by Crippen LogP contribution is 2.17. The lowest BCUT2D eigenvalue weighted by atomic mass is 9.97. The van der Waals surface area contributed by atoms with Crippen molar-refractivity contribution in [2.45, 2.75) is 37.9 Å². The van der Waals surface area contributed by atoms with Crippen LogP contribution in [0, 0.1) is 0 Å². The summed E-state index contributed by atoms with van der Waals surface area (Å²) in [6.07, 6.45) is 2.64. The summed E-state index contributed by atoms with van der Waals surface area (Å²) in [6, 6.07) is 2.28. The minimum atomic E-state index is 0.749. The van der Waals surface area contributed by atoms with Gasteiger partial charge in [0.05, 0.1) is 0 Å². The van der Waals surface area contributed by atoms with Gasteiger partial charge in [0.15, 0.2) is 0 Å². The van der Waals surface area contributed by atoms with E-state index in [9.17, 15) is 0 Å². The van der Waals surface area contributed by atoms with Crippen molar-refractivity contribution in [1.29, 1.82) is 0 Å². The van der Waals surface area contributed by atoms with Crippen molar-refractivity contribution in [2.75, 3.05) is 33.7 Å². The molecule has 2 saturated heterocycles. The molecule has 0 aromatic carbocycles. The predicted molar refractivity (Wildman–Crippen MR) is 59.5 cm³/mol. The van der Waals surface area contributed by atoms with E-state index in [-0.39, 0.29) is 0 Å². The molecule has 0 bridgehead atoms. The van der Waals surface area contributed by atoms with Gasteiger partial charge in [-0.2, -0.15) is 0 Å². The number of nitrogens with one attached hydrogen (secondary N) is 1. The first-order valence-corrected chi connectivity index (χ1v) is 5.80. The zero-order valence-corrected chi connectivity index (χ0v) is 9.66. The molecule has 2 atom stereocenters. The molecule has 0 saturated carbocycles.